The Morgan fingerprint density at radius 1 is 0.778 bits per heavy atom. The zero-order chi connectivity index (χ0) is 19.8. The van der Waals surface area contributed by atoms with Crippen molar-refractivity contribution in [1.29, 1.82) is 0 Å². The van der Waals surface area contributed by atoms with Gasteiger partial charge >= 0.3 is 6.18 Å². The molecule has 0 fully saturated rings. The molecule has 0 heterocycles. The Balaban J connectivity index is 2.36. The first-order valence-corrected chi connectivity index (χ1v) is 9.83. The average molecular weight is 390 g/mol. The molecule has 0 spiro atoms. The molecule has 3 aromatic carbocycles. The highest BCUT2D eigenvalue weighted by Gasteiger charge is 2.35. The van der Waals surface area contributed by atoms with Gasteiger partial charge in [-0.05, 0) is 55.0 Å². The van der Waals surface area contributed by atoms with Crippen LogP contribution in [-0.2, 0) is 10.7 Å². The van der Waals surface area contributed by atoms with E-state index < -0.39 is 18.9 Å². The van der Waals surface area contributed by atoms with E-state index in [4.69, 9.17) is 11.5 Å². The largest absolute Gasteiger partial charge is 0.416 e. The number of nitrogens with two attached hydrogens (primary N) is 2. The van der Waals surface area contributed by atoms with Crippen molar-refractivity contribution in [3.8, 4) is 0 Å². The molecule has 0 unspecified atom stereocenters. The fourth-order valence-electron chi connectivity index (χ4n) is 3.00. The molecule has 0 aromatic heterocycles. The second-order valence-electron chi connectivity index (χ2n) is 6.35. The Labute approximate surface area is 155 Å². The third-order valence-electron chi connectivity index (χ3n) is 4.22. The molecule has 3 rings (SSSR count). The van der Waals surface area contributed by atoms with Crippen molar-refractivity contribution in [1.82, 2.24) is 0 Å². The molecule has 4 N–H and O–H groups in total. The highest BCUT2D eigenvalue weighted by Crippen LogP contribution is 2.44. The molecule has 140 valence electrons. The number of halogens is 3. The molecule has 7 heteroatoms. The molecule has 3 nitrogen and oxygen atoms in total. The fourth-order valence-corrected chi connectivity index (χ4v) is 5.85. The number of anilines is 2. The first-order valence-electron chi connectivity index (χ1n) is 8.12. The minimum atomic E-state index is -4.54. The van der Waals surface area contributed by atoms with Gasteiger partial charge in [0.05, 0.1) is 5.56 Å². The van der Waals surface area contributed by atoms with Gasteiger partial charge in [-0.15, -0.1) is 0 Å². The van der Waals surface area contributed by atoms with Crippen LogP contribution in [-0.4, -0.2) is 0 Å². The van der Waals surface area contributed by atoms with Crippen molar-refractivity contribution < 1.29 is 17.7 Å². The highest BCUT2D eigenvalue weighted by molar-refractivity contribution is 7.85. The van der Waals surface area contributed by atoms with E-state index in [1.54, 1.807) is 43.3 Å². The summed E-state index contributed by atoms with van der Waals surface area (Å²) >= 11 is 0. The van der Waals surface area contributed by atoms with Gasteiger partial charge in [-0.1, -0.05) is 24.3 Å². The number of rotatable bonds is 3. The Morgan fingerprint density at radius 3 is 1.74 bits per heavy atom. The van der Waals surface area contributed by atoms with Gasteiger partial charge < -0.3 is 16.0 Å². The lowest BCUT2D eigenvalue weighted by molar-refractivity contribution is -0.137. The summed E-state index contributed by atoms with van der Waals surface area (Å²) in [5.74, 6) is 0. The number of benzene rings is 3. The Bertz CT molecular complexity index is 998. The molecule has 0 saturated carbocycles. The lowest BCUT2D eigenvalue weighted by atomic mass is 10.1. The smallest absolute Gasteiger partial charge is 0.399 e. The maximum absolute atomic E-state index is 14.3. The Hall–Kier alpha value is -2.72. The van der Waals surface area contributed by atoms with Crippen LogP contribution >= 0.6 is 7.14 Å². The number of aryl methyl sites for hydroxylation is 1. The second-order valence-corrected chi connectivity index (χ2v) is 9.12. The van der Waals surface area contributed by atoms with Crippen LogP contribution < -0.4 is 27.4 Å². The standard InChI is InChI=1S/C20H18F3N2OP/c1-13-8-14(20(21,22)23)10-19(9-13)27(26,17-6-2-4-15(24)11-17)18-7-3-5-16(25)12-18/h2-12H,24-25H2,1H3. The molecule has 0 saturated heterocycles. The fraction of sp³-hybridized carbons (Fsp3) is 0.100. The normalized spacial score (nSPS) is 12.1. The van der Waals surface area contributed by atoms with Crippen LogP contribution in [0.2, 0.25) is 0 Å². The van der Waals surface area contributed by atoms with E-state index in [1.165, 1.54) is 18.2 Å². The van der Waals surface area contributed by atoms with E-state index in [1.807, 2.05) is 0 Å². The van der Waals surface area contributed by atoms with Crippen molar-refractivity contribution in [2.45, 2.75) is 13.1 Å². The third-order valence-corrected chi connectivity index (χ3v) is 7.22. The summed E-state index contributed by atoms with van der Waals surface area (Å²) in [4.78, 5) is 0. The van der Waals surface area contributed by atoms with Gasteiger partial charge in [-0.2, -0.15) is 13.2 Å². The quantitative estimate of drug-likeness (QED) is 0.528. The van der Waals surface area contributed by atoms with E-state index in [0.717, 1.165) is 12.1 Å². The lowest BCUT2D eigenvalue weighted by Gasteiger charge is -2.22. The summed E-state index contributed by atoms with van der Waals surface area (Å²) in [5, 5.41) is 0.796. The van der Waals surface area contributed by atoms with E-state index in [-0.39, 0.29) is 5.30 Å². The number of nitrogen functional groups attached to an aromatic ring is 2. The SMILES string of the molecule is Cc1cc(C(F)(F)F)cc(P(=O)(c2cccc(N)c2)c2cccc(N)c2)c1. The van der Waals surface area contributed by atoms with Gasteiger partial charge in [0.2, 0.25) is 0 Å². The van der Waals surface area contributed by atoms with Crippen LogP contribution in [0.25, 0.3) is 0 Å². The summed E-state index contributed by atoms with van der Waals surface area (Å²) in [6.45, 7) is 1.54. The van der Waals surface area contributed by atoms with Crippen molar-refractivity contribution in [3.05, 3.63) is 77.9 Å². The van der Waals surface area contributed by atoms with E-state index in [2.05, 4.69) is 0 Å². The second kappa shape index (κ2) is 6.78. The third kappa shape index (κ3) is 3.71. The summed E-state index contributed by atoms with van der Waals surface area (Å²) in [6.07, 6.45) is -4.54. The molecule has 0 radical (unpaired) electrons. The number of hydrogen-bond acceptors (Lipinski definition) is 3. The molecule has 27 heavy (non-hydrogen) atoms. The molecule has 0 atom stereocenters. The van der Waals surface area contributed by atoms with Crippen LogP contribution in [0.3, 0.4) is 0 Å². The summed E-state index contributed by atoms with van der Waals surface area (Å²) < 4.78 is 54.3. The van der Waals surface area contributed by atoms with Gasteiger partial charge in [0, 0.05) is 27.3 Å². The summed E-state index contributed by atoms with van der Waals surface area (Å²) in [6, 6.07) is 16.3. The Kier molecular flexibility index (Phi) is 4.79. The van der Waals surface area contributed by atoms with Gasteiger partial charge in [0.25, 0.3) is 0 Å². The molecule has 0 bridgehead atoms. The molecular formula is C20H18F3N2OP. The van der Waals surface area contributed by atoms with Crippen molar-refractivity contribution in [2.24, 2.45) is 0 Å². The van der Waals surface area contributed by atoms with Crippen LogP contribution in [0.15, 0.2) is 66.7 Å². The monoisotopic (exact) mass is 390 g/mol. The Morgan fingerprint density at radius 2 is 1.30 bits per heavy atom. The molecule has 0 aliphatic rings. The van der Waals surface area contributed by atoms with Gasteiger partial charge in [-0.25, -0.2) is 0 Å². The first kappa shape index (κ1) is 19.1. The molecular weight excluding hydrogens is 372 g/mol. The topological polar surface area (TPSA) is 69.1 Å². The number of hydrogen-bond donors (Lipinski definition) is 2. The van der Waals surface area contributed by atoms with Crippen LogP contribution in [0, 0.1) is 6.92 Å². The van der Waals surface area contributed by atoms with Gasteiger partial charge in [0.15, 0.2) is 7.14 Å². The van der Waals surface area contributed by atoms with E-state index in [0.29, 0.717) is 27.5 Å². The van der Waals surface area contributed by atoms with Crippen LogP contribution in [0.4, 0.5) is 24.5 Å². The molecule has 0 aliphatic carbocycles. The first-order chi connectivity index (χ1) is 12.6. The van der Waals surface area contributed by atoms with Crippen molar-refractivity contribution in [3.63, 3.8) is 0 Å². The highest BCUT2D eigenvalue weighted by atomic mass is 31.2. The molecule has 0 amide bonds. The van der Waals surface area contributed by atoms with Crippen molar-refractivity contribution >= 4 is 34.4 Å². The minimum absolute atomic E-state index is 0.0889. The molecule has 0 aliphatic heterocycles. The summed E-state index contributed by atoms with van der Waals surface area (Å²) in [5.41, 5.74) is 12.0. The zero-order valence-electron chi connectivity index (χ0n) is 14.5. The maximum Gasteiger partial charge on any atom is 0.416 e. The van der Waals surface area contributed by atoms with Crippen molar-refractivity contribution in [2.75, 3.05) is 11.5 Å². The molecule has 3 aromatic rings. The van der Waals surface area contributed by atoms with Crippen LogP contribution in [0.5, 0.6) is 0 Å². The van der Waals surface area contributed by atoms with E-state index >= 15 is 0 Å². The minimum Gasteiger partial charge on any atom is -0.399 e. The zero-order valence-corrected chi connectivity index (χ0v) is 15.4. The van der Waals surface area contributed by atoms with E-state index in [9.17, 15) is 17.7 Å². The predicted octanol–water partition coefficient (Wildman–Crippen LogP) is 3.82. The average Bonchev–Trinajstić information content (AvgIpc) is 2.59. The number of alkyl halides is 3. The summed E-state index contributed by atoms with van der Waals surface area (Å²) in [7, 11) is -3.61. The predicted molar refractivity (Wildman–Crippen MR) is 104 cm³/mol. The van der Waals surface area contributed by atoms with Gasteiger partial charge in [0.1, 0.15) is 0 Å². The van der Waals surface area contributed by atoms with Gasteiger partial charge in [-0.3, -0.25) is 0 Å². The maximum atomic E-state index is 14.3. The van der Waals surface area contributed by atoms with Crippen LogP contribution in [0.1, 0.15) is 11.1 Å². The lowest BCUT2D eigenvalue weighted by Crippen LogP contribution is -2.27.